The molecule has 1 aromatic rings. The van der Waals surface area contributed by atoms with E-state index < -0.39 is 16.0 Å². The first kappa shape index (κ1) is 18.6. The molecule has 0 aliphatic carbocycles. The largest absolute Gasteiger partial charge is 0.462 e. The molecular weight excluding hydrogens is 306 g/mol. The number of aromatic amines is 1. The number of hydrogen-bond donors (Lipinski definition) is 1. The Bertz CT molecular complexity index is 622. The molecule has 1 heterocycles. The van der Waals surface area contributed by atoms with Crippen molar-refractivity contribution in [3.8, 4) is 0 Å². The highest BCUT2D eigenvalue weighted by Gasteiger charge is 2.34. The van der Waals surface area contributed by atoms with Crippen molar-refractivity contribution >= 4 is 16.0 Å². The topological polar surface area (TPSA) is 92.4 Å². The number of aryl methyl sites for hydroxylation is 1. The minimum atomic E-state index is -3.87. The van der Waals surface area contributed by atoms with Gasteiger partial charge in [0, 0.05) is 18.8 Å². The molecule has 0 aliphatic heterocycles. The van der Waals surface area contributed by atoms with Gasteiger partial charge >= 0.3 is 5.97 Å². The fraction of sp³-hybridized carbons (Fsp3) is 0.714. The summed E-state index contributed by atoms with van der Waals surface area (Å²) < 4.78 is 31.6. The molecular formula is C14H25N3O4S. The summed E-state index contributed by atoms with van der Waals surface area (Å²) >= 11 is 0. The Morgan fingerprint density at radius 2 is 1.95 bits per heavy atom. The van der Waals surface area contributed by atoms with Crippen LogP contribution in [0.2, 0.25) is 0 Å². The third-order valence-corrected chi connectivity index (χ3v) is 5.35. The standard InChI is InChI=1S/C14H25N3O4S/c1-7-21-14(18)12-11(5)15-16-13(12)22(19,20)17(6)10(4)8-9(2)3/h9-10H,7-8H2,1-6H3,(H,15,16). The maximum absolute atomic E-state index is 12.7. The number of sulfonamides is 1. The summed E-state index contributed by atoms with van der Waals surface area (Å²) in [7, 11) is -2.37. The lowest BCUT2D eigenvalue weighted by molar-refractivity contribution is 0.0520. The highest BCUT2D eigenvalue weighted by Crippen LogP contribution is 2.23. The molecule has 1 rings (SSSR count). The third kappa shape index (κ3) is 3.86. The zero-order valence-corrected chi connectivity index (χ0v) is 14.8. The SMILES string of the molecule is CCOC(=O)c1c(S(=O)(=O)N(C)C(C)CC(C)C)n[nH]c1C. The van der Waals surface area contributed by atoms with Gasteiger partial charge in [-0.15, -0.1) is 0 Å². The van der Waals surface area contributed by atoms with E-state index in [2.05, 4.69) is 10.2 Å². The second kappa shape index (κ2) is 7.23. The molecule has 0 spiro atoms. The fourth-order valence-corrected chi connectivity index (χ4v) is 3.73. The van der Waals surface area contributed by atoms with Crippen LogP contribution in [-0.2, 0) is 14.8 Å². The average Bonchev–Trinajstić information content (AvgIpc) is 2.79. The van der Waals surface area contributed by atoms with E-state index >= 15 is 0 Å². The normalized spacial score (nSPS) is 13.6. The van der Waals surface area contributed by atoms with Crippen LogP contribution in [0.1, 0.15) is 50.2 Å². The molecule has 1 unspecified atom stereocenters. The van der Waals surface area contributed by atoms with Crippen LogP contribution in [0.15, 0.2) is 5.03 Å². The molecule has 22 heavy (non-hydrogen) atoms. The number of hydrogen-bond acceptors (Lipinski definition) is 5. The minimum absolute atomic E-state index is 0.0227. The van der Waals surface area contributed by atoms with Gasteiger partial charge < -0.3 is 4.74 Å². The Labute approximate surface area is 132 Å². The Hall–Kier alpha value is -1.41. The van der Waals surface area contributed by atoms with Crippen molar-refractivity contribution in [1.29, 1.82) is 0 Å². The molecule has 1 aromatic heterocycles. The van der Waals surface area contributed by atoms with Crippen LogP contribution >= 0.6 is 0 Å². The molecule has 0 saturated carbocycles. The maximum Gasteiger partial charge on any atom is 0.343 e. The smallest absolute Gasteiger partial charge is 0.343 e. The molecule has 0 fully saturated rings. The van der Waals surface area contributed by atoms with Gasteiger partial charge in [0.2, 0.25) is 5.03 Å². The lowest BCUT2D eigenvalue weighted by atomic mass is 10.1. The van der Waals surface area contributed by atoms with Crippen molar-refractivity contribution in [2.24, 2.45) is 5.92 Å². The number of carbonyl (C=O) groups excluding carboxylic acids is 1. The van der Waals surface area contributed by atoms with Gasteiger partial charge in [-0.05, 0) is 33.1 Å². The van der Waals surface area contributed by atoms with Gasteiger partial charge in [0.15, 0.2) is 0 Å². The maximum atomic E-state index is 12.7. The van der Waals surface area contributed by atoms with E-state index in [1.54, 1.807) is 13.8 Å². The fourth-order valence-electron chi connectivity index (χ4n) is 2.24. The number of carbonyl (C=O) groups is 1. The van der Waals surface area contributed by atoms with Crippen LogP contribution in [0.3, 0.4) is 0 Å². The van der Waals surface area contributed by atoms with Crippen LogP contribution in [0.4, 0.5) is 0 Å². The summed E-state index contributed by atoms with van der Waals surface area (Å²) in [6.45, 7) is 9.32. The highest BCUT2D eigenvalue weighted by molar-refractivity contribution is 7.89. The predicted molar refractivity (Wildman–Crippen MR) is 83.1 cm³/mol. The summed E-state index contributed by atoms with van der Waals surface area (Å²) in [5.74, 6) is -0.324. The lowest BCUT2D eigenvalue weighted by Gasteiger charge is -2.25. The van der Waals surface area contributed by atoms with Crippen LogP contribution in [-0.4, -0.2) is 48.6 Å². The molecule has 0 aromatic carbocycles. The molecule has 0 saturated heterocycles. The van der Waals surface area contributed by atoms with Crippen molar-refractivity contribution in [3.05, 3.63) is 11.3 Å². The molecule has 1 N–H and O–H groups in total. The van der Waals surface area contributed by atoms with Crippen LogP contribution in [0.25, 0.3) is 0 Å². The monoisotopic (exact) mass is 331 g/mol. The first-order chi connectivity index (χ1) is 10.1. The minimum Gasteiger partial charge on any atom is -0.462 e. The van der Waals surface area contributed by atoms with Crippen molar-refractivity contribution in [2.75, 3.05) is 13.7 Å². The van der Waals surface area contributed by atoms with E-state index in [1.807, 2.05) is 20.8 Å². The number of esters is 1. The van der Waals surface area contributed by atoms with E-state index in [0.717, 1.165) is 0 Å². The van der Waals surface area contributed by atoms with Crippen LogP contribution in [0, 0.1) is 12.8 Å². The lowest BCUT2D eigenvalue weighted by Crippen LogP contribution is -2.36. The molecule has 8 heteroatoms. The van der Waals surface area contributed by atoms with Crippen LogP contribution in [0.5, 0.6) is 0 Å². The average molecular weight is 331 g/mol. The summed E-state index contributed by atoms with van der Waals surface area (Å²) in [5.41, 5.74) is 0.354. The zero-order valence-electron chi connectivity index (χ0n) is 14.0. The summed E-state index contributed by atoms with van der Waals surface area (Å²) in [5, 5.41) is 6.10. The van der Waals surface area contributed by atoms with E-state index in [1.165, 1.54) is 11.4 Å². The Morgan fingerprint density at radius 1 is 1.36 bits per heavy atom. The number of aromatic nitrogens is 2. The number of nitrogens with one attached hydrogen (secondary N) is 1. The molecule has 0 bridgehead atoms. The van der Waals surface area contributed by atoms with Crippen molar-refractivity contribution in [2.45, 2.75) is 52.1 Å². The summed E-state index contributed by atoms with van der Waals surface area (Å²) in [4.78, 5) is 12.0. The highest BCUT2D eigenvalue weighted by atomic mass is 32.2. The van der Waals surface area contributed by atoms with Gasteiger partial charge in [0.25, 0.3) is 10.0 Å². The second-order valence-corrected chi connectivity index (χ2v) is 7.66. The summed E-state index contributed by atoms with van der Waals surface area (Å²) in [6, 6.07) is -0.197. The van der Waals surface area contributed by atoms with E-state index in [4.69, 9.17) is 4.74 Å². The Kier molecular flexibility index (Phi) is 6.13. The van der Waals surface area contributed by atoms with Crippen molar-refractivity contribution in [3.63, 3.8) is 0 Å². The van der Waals surface area contributed by atoms with Crippen LogP contribution < -0.4 is 0 Å². The van der Waals surface area contributed by atoms with Crippen molar-refractivity contribution in [1.82, 2.24) is 14.5 Å². The second-order valence-electron chi connectivity index (χ2n) is 5.75. The molecule has 1 atom stereocenters. The van der Waals surface area contributed by atoms with Gasteiger partial charge in [-0.3, -0.25) is 5.10 Å². The number of rotatable bonds is 7. The summed E-state index contributed by atoms with van der Waals surface area (Å²) in [6.07, 6.45) is 0.716. The zero-order chi connectivity index (χ0) is 17.1. The molecule has 0 amide bonds. The van der Waals surface area contributed by atoms with Gasteiger partial charge in [-0.2, -0.15) is 9.40 Å². The third-order valence-electron chi connectivity index (χ3n) is 3.45. The van der Waals surface area contributed by atoms with Crippen molar-refractivity contribution < 1.29 is 17.9 Å². The van der Waals surface area contributed by atoms with Gasteiger partial charge in [-0.25, -0.2) is 13.2 Å². The quantitative estimate of drug-likeness (QED) is 0.771. The van der Waals surface area contributed by atoms with E-state index in [-0.39, 0.29) is 23.2 Å². The first-order valence-corrected chi connectivity index (χ1v) is 8.77. The predicted octanol–water partition coefficient (Wildman–Crippen LogP) is 1.95. The Morgan fingerprint density at radius 3 is 2.45 bits per heavy atom. The van der Waals surface area contributed by atoms with E-state index in [9.17, 15) is 13.2 Å². The molecule has 7 nitrogen and oxygen atoms in total. The number of ether oxygens (including phenoxy) is 1. The first-order valence-electron chi connectivity index (χ1n) is 7.33. The van der Waals surface area contributed by atoms with Gasteiger partial charge in [0.1, 0.15) is 5.56 Å². The number of H-pyrrole nitrogens is 1. The Balaban J connectivity index is 3.21. The molecule has 126 valence electrons. The van der Waals surface area contributed by atoms with E-state index in [0.29, 0.717) is 18.0 Å². The molecule has 0 radical (unpaired) electrons. The van der Waals surface area contributed by atoms with Gasteiger partial charge in [-0.1, -0.05) is 13.8 Å². The van der Waals surface area contributed by atoms with Gasteiger partial charge in [0.05, 0.1) is 6.61 Å². The number of nitrogens with zero attached hydrogens (tertiary/aromatic N) is 2. The molecule has 0 aliphatic rings.